The number of aromatic nitrogens is 1. The minimum absolute atomic E-state index is 0.0214. The Kier molecular flexibility index (Phi) is 12.3. The Bertz CT molecular complexity index is 1970. The first kappa shape index (κ1) is 40.9. The molecule has 2 amide bonds. The number of aryl methyl sites for hydroxylation is 3. The maximum atomic E-state index is 15.8. The number of carbonyl (C=O) groups is 3. The van der Waals surface area contributed by atoms with E-state index in [1.165, 1.54) is 13.0 Å². The van der Waals surface area contributed by atoms with Gasteiger partial charge in [-0.15, -0.1) is 0 Å². The van der Waals surface area contributed by atoms with E-state index in [2.05, 4.69) is 10.6 Å². The Morgan fingerprint density at radius 1 is 0.963 bits per heavy atom. The molecule has 5 rings (SSSR count). The van der Waals surface area contributed by atoms with Gasteiger partial charge in [0.1, 0.15) is 23.1 Å². The zero-order chi connectivity index (χ0) is 39.7. The maximum Gasteiger partial charge on any atom is 0.431 e. The Labute approximate surface area is 317 Å². The second kappa shape index (κ2) is 16.2. The number of halogens is 5. The van der Waals surface area contributed by atoms with E-state index in [1.807, 2.05) is 18.7 Å². The van der Waals surface area contributed by atoms with Gasteiger partial charge in [-0.25, -0.2) is 4.39 Å². The highest BCUT2D eigenvalue weighted by Gasteiger charge is 2.43. The predicted octanol–water partition coefficient (Wildman–Crippen LogP) is 7.60. The van der Waals surface area contributed by atoms with Gasteiger partial charge in [-0.1, -0.05) is 31.9 Å². The van der Waals surface area contributed by atoms with Crippen molar-refractivity contribution in [3.8, 4) is 11.1 Å². The van der Waals surface area contributed by atoms with Crippen molar-refractivity contribution >= 4 is 29.4 Å². The fraction of sp³-hybridized carbons (Fsp3) is 0.500. The molecule has 2 aliphatic rings. The number of pyridine rings is 1. The highest BCUT2D eigenvalue weighted by Crippen LogP contribution is 2.48. The van der Waals surface area contributed by atoms with Crippen LogP contribution < -0.4 is 16.2 Å². The number of hydrogen-bond donors (Lipinski definition) is 3. The van der Waals surface area contributed by atoms with Gasteiger partial charge in [0.2, 0.25) is 5.91 Å². The van der Waals surface area contributed by atoms with Gasteiger partial charge in [-0.05, 0) is 129 Å². The number of nitrogens with zero attached hydrogens (tertiary/aromatic N) is 2. The van der Waals surface area contributed by atoms with E-state index in [1.54, 1.807) is 32.0 Å². The molecule has 1 aromatic heterocycles. The van der Waals surface area contributed by atoms with Gasteiger partial charge in [0, 0.05) is 30.2 Å². The first-order chi connectivity index (χ1) is 25.3. The number of carboxylic acid groups (broad SMARTS) is 1. The highest BCUT2D eigenvalue weighted by atomic mass is 35.5. The number of benzene rings is 2. The molecule has 1 saturated carbocycles. The number of likely N-dealkylation sites (tertiary alicyclic amines) is 1. The topological polar surface area (TPSA) is 121 Å². The average Bonchev–Trinajstić information content (AvgIpc) is 3.49. The Hall–Kier alpha value is -4.23. The smallest absolute Gasteiger partial charge is 0.431 e. The van der Waals surface area contributed by atoms with Gasteiger partial charge >= 0.3 is 12.1 Å². The normalized spacial score (nSPS) is 16.6. The summed E-state index contributed by atoms with van der Waals surface area (Å²) >= 11 is 6.23. The van der Waals surface area contributed by atoms with E-state index >= 15 is 4.39 Å². The third-order valence-corrected chi connectivity index (χ3v) is 11.0. The molecule has 3 N–H and O–H groups in total. The van der Waals surface area contributed by atoms with E-state index in [9.17, 15) is 37.5 Å². The lowest BCUT2D eigenvalue weighted by Gasteiger charge is -2.38. The highest BCUT2D eigenvalue weighted by molar-refractivity contribution is 6.30. The lowest BCUT2D eigenvalue weighted by molar-refractivity contribution is -0.144. The van der Waals surface area contributed by atoms with E-state index in [0.29, 0.717) is 21.2 Å². The van der Waals surface area contributed by atoms with Crippen molar-refractivity contribution in [2.75, 3.05) is 19.6 Å². The van der Waals surface area contributed by atoms with Crippen LogP contribution >= 0.6 is 11.6 Å². The summed E-state index contributed by atoms with van der Waals surface area (Å²) < 4.78 is 58.7. The molecule has 0 bridgehead atoms. The summed E-state index contributed by atoms with van der Waals surface area (Å²) in [5.74, 6) is -4.17. The Balaban J connectivity index is 1.42. The van der Waals surface area contributed by atoms with Crippen LogP contribution in [0.3, 0.4) is 0 Å². The van der Waals surface area contributed by atoms with Gasteiger partial charge in [0.15, 0.2) is 0 Å². The van der Waals surface area contributed by atoms with Crippen LogP contribution in [-0.4, -0.2) is 58.0 Å². The molecular formula is C40H47ClF4N4O5. The molecule has 54 heavy (non-hydrogen) atoms. The number of alkyl halides is 3. The quantitative estimate of drug-likeness (QED) is 0.154. The summed E-state index contributed by atoms with van der Waals surface area (Å²) in [4.78, 5) is 55.2. The van der Waals surface area contributed by atoms with Crippen LogP contribution in [0.1, 0.15) is 96.7 Å². The third-order valence-electron chi connectivity index (χ3n) is 10.7. The van der Waals surface area contributed by atoms with Crippen LogP contribution in [0.2, 0.25) is 5.02 Å². The van der Waals surface area contributed by atoms with E-state index < -0.39 is 65.1 Å². The second-order valence-electron chi connectivity index (χ2n) is 15.4. The van der Waals surface area contributed by atoms with Gasteiger partial charge < -0.3 is 25.2 Å². The summed E-state index contributed by atoms with van der Waals surface area (Å²) in [5.41, 5.74) is 0.370. The fourth-order valence-corrected chi connectivity index (χ4v) is 8.28. The van der Waals surface area contributed by atoms with Crippen molar-refractivity contribution in [1.29, 1.82) is 0 Å². The molecule has 3 aromatic rings. The molecule has 0 unspecified atom stereocenters. The number of hydrogen-bond acceptors (Lipinski definition) is 5. The summed E-state index contributed by atoms with van der Waals surface area (Å²) in [7, 11) is 0. The Morgan fingerprint density at radius 3 is 2.19 bits per heavy atom. The van der Waals surface area contributed by atoms with Crippen molar-refractivity contribution in [2.45, 2.75) is 97.9 Å². The van der Waals surface area contributed by atoms with Crippen LogP contribution in [0.15, 0.2) is 41.2 Å². The van der Waals surface area contributed by atoms with Gasteiger partial charge in [-0.2, -0.15) is 13.2 Å². The summed E-state index contributed by atoms with van der Waals surface area (Å²) in [6, 6.07) is 5.38. The SMILES string of the molecule is Cc1cc(-c2c(C)cc(Cl)cc2C)cc([C@H](CC(=O)O)NC(=O)[C@H](CC(C)C)NC(=O)c2ccc(C(F)(F)F)n(CCN3CCC4(CCC4)C3)c2=O)c1F. The molecule has 14 heteroatoms. The van der Waals surface area contributed by atoms with Crippen molar-refractivity contribution in [1.82, 2.24) is 20.1 Å². The largest absolute Gasteiger partial charge is 0.481 e. The summed E-state index contributed by atoms with van der Waals surface area (Å²) in [6.45, 7) is 10.1. The number of carbonyl (C=O) groups excluding carboxylic acids is 2. The van der Waals surface area contributed by atoms with Crippen molar-refractivity contribution in [2.24, 2.45) is 11.3 Å². The van der Waals surface area contributed by atoms with Crippen molar-refractivity contribution < 1.29 is 37.1 Å². The van der Waals surface area contributed by atoms with Crippen LogP contribution in [0.4, 0.5) is 17.6 Å². The van der Waals surface area contributed by atoms with Gasteiger partial charge in [0.05, 0.1) is 12.5 Å². The van der Waals surface area contributed by atoms with Gasteiger partial charge in [0.25, 0.3) is 11.5 Å². The third kappa shape index (κ3) is 9.17. The van der Waals surface area contributed by atoms with Gasteiger partial charge in [-0.3, -0.25) is 19.2 Å². The molecule has 9 nitrogen and oxygen atoms in total. The van der Waals surface area contributed by atoms with E-state index in [-0.39, 0.29) is 42.0 Å². The molecule has 1 spiro atoms. The van der Waals surface area contributed by atoms with Crippen LogP contribution in [0.25, 0.3) is 11.1 Å². The van der Waals surface area contributed by atoms with E-state index in [4.69, 9.17) is 11.6 Å². The minimum Gasteiger partial charge on any atom is -0.481 e. The van der Waals surface area contributed by atoms with Crippen LogP contribution in [0, 0.1) is 37.9 Å². The number of aliphatic carboxylic acids is 1. The first-order valence-corrected chi connectivity index (χ1v) is 18.6. The average molecular weight is 775 g/mol. The molecule has 1 saturated heterocycles. The zero-order valence-electron chi connectivity index (χ0n) is 31.1. The fourth-order valence-electron chi connectivity index (χ4n) is 7.95. The predicted molar refractivity (Wildman–Crippen MR) is 198 cm³/mol. The van der Waals surface area contributed by atoms with Crippen LogP contribution in [0.5, 0.6) is 0 Å². The van der Waals surface area contributed by atoms with Crippen LogP contribution in [-0.2, 0) is 22.3 Å². The Morgan fingerprint density at radius 2 is 1.63 bits per heavy atom. The molecule has 292 valence electrons. The summed E-state index contributed by atoms with van der Waals surface area (Å²) in [6.07, 6.45) is -1.28. The monoisotopic (exact) mass is 774 g/mol. The molecule has 1 aliphatic heterocycles. The zero-order valence-corrected chi connectivity index (χ0v) is 31.9. The second-order valence-corrected chi connectivity index (χ2v) is 15.8. The number of carboxylic acids is 1. The minimum atomic E-state index is -4.86. The van der Waals surface area contributed by atoms with Crippen molar-refractivity contribution in [3.05, 3.63) is 91.1 Å². The number of amides is 2. The van der Waals surface area contributed by atoms with Crippen molar-refractivity contribution in [3.63, 3.8) is 0 Å². The lowest BCUT2D eigenvalue weighted by Crippen LogP contribution is -2.50. The van der Waals surface area contributed by atoms with E-state index in [0.717, 1.165) is 61.5 Å². The number of nitrogens with one attached hydrogen (secondary N) is 2. The summed E-state index contributed by atoms with van der Waals surface area (Å²) in [5, 5.41) is 15.4. The lowest BCUT2D eigenvalue weighted by atomic mass is 9.68. The standard InChI is InChI=1S/C40H47ClF4N4O5/c1-22(2)15-31(37(53)46-30(20-33(50)51)29-19-26(16-25(5)35(29)42)34-23(3)17-27(41)18-24(34)4)47-36(52)28-7-8-32(40(43,44)45)49(38(28)54)14-13-48-12-11-39(21-48)9-6-10-39/h7-8,16-19,22,30-31H,6,9-15,20-21H2,1-5H3,(H,46,53)(H,47,52)(H,50,51)/t30-,31-/m0/s1. The maximum absolute atomic E-state index is 15.8. The first-order valence-electron chi connectivity index (χ1n) is 18.2. The molecule has 0 radical (unpaired) electrons. The molecule has 2 aromatic carbocycles. The molecule has 1 aliphatic carbocycles. The molecule has 2 heterocycles. The molecule has 2 atom stereocenters. The number of rotatable bonds is 13. The molecular weight excluding hydrogens is 728 g/mol. The molecule has 2 fully saturated rings.